The molecule has 0 radical (unpaired) electrons. The van der Waals surface area contributed by atoms with E-state index in [0.29, 0.717) is 0 Å². The van der Waals surface area contributed by atoms with Gasteiger partial charge < -0.3 is 4.42 Å². The molecule has 0 atom stereocenters. The van der Waals surface area contributed by atoms with Crippen molar-refractivity contribution in [1.29, 1.82) is 0 Å². The van der Waals surface area contributed by atoms with Crippen molar-refractivity contribution in [3.05, 3.63) is 22.6 Å². The second-order valence-electron chi connectivity index (χ2n) is 3.35. The molecule has 0 aliphatic rings. The third kappa shape index (κ3) is 1.63. The minimum Gasteiger partial charge on any atom is -0.454 e. The third-order valence-corrected chi connectivity index (χ3v) is 1.74. The lowest BCUT2D eigenvalue weighted by molar-refractivity contribution is 0.397. The Bertz CT molecular complexity index is 219. The predicted octanol–water partition coefficient (Wildman–Crippen LogP) is 3.34. The van der Waals surface area contributed by atoms with Crippen molar-refractivity contribution in [1.82, 2.24) is 0 Å². The van der Waals surface area contributed by atoms with E-state index in [9.17, 15) is 0 Å². The van der Waals surface area contributed by atoms with Gasteiger partial charge in [-0.2, -0.15) is 0 Å². The highest BCUT2D eigenvalue weighted by Gasteiger charge is 2.17. The lowest BCUT2D eigenvalue weighted by Crippen LogP contribution is -2.08. The van der Waals surface area contributed by atoms with Crippen LogP contribution in [0.5, 0.6) is 0 Å². The summed E-state index contributed by atoms with van der Waals surface area (Å²) in [4.78, 5) is 0. The molecule has 0 unspecified atom stereocenters. The van der Waals surface area contributed by atoms with Gasteiger partial charge in [-0.1, -0.05) is 20.8 Å². The molecule has 0 amide bonds. The molecule has 0 spiro atoms. The summed E-state index contributed by atoms with van der Waals surface area (Å²) in [5.74, 6) is 1.01. The number of hydrogen-bond donors (Lipinski definition) is 0. The maximum atomic E-state index is 5.36. The molecule has 0 aliphatic heterocycles. The molecule has 0 bridgehead atoms. The van der Waals surface area contributed by atoms with Crippen molar-refractivity contribution >= 4 is 15.9 Å². The molecule has 0 aromatic carbocycles. The maximum absolute atomic E-state index is 5.36. The molecular formula is C8H11BrO. The molecule has 10 heavy (non-hydrogen) atoms. The lowest BCUT2D eigenvalue weighted by atomic mass is 9.94. The average Bonchev–Trinajstić information content (AvgIpc) is 2.11. The standard InChI is InChI=1S/C8H11BrO/c1-8(2,3)6-4-5-7(9)10-6/h4-5H,1-3H3. The Morgan fingerprint density at radius 2 is 1.90 bits per heavy atom. The van der Waals surface area contributed by atoms with E-state index in [-0.39, 0.29) is 5.41 Å². The van der Waals surface area contributed by atoms with Crippen LogP contribution in [0, 0.1) is 0 Å². The minimum atomic E-state index is 0.117. The second kappa shape index (κ2) is 2.42. The molecule has 0 aliphatic carbocycles. The maximum Gasteiger partial charge on any atom is 0.169 e. The van der Waals surface area contributed by atoms with Crippen LogP contribution in [-0.2, 0) is 5.41 Å². The first kappa shape index (κ1) is 7.86. The smallest absolute Gasteiger partial charge is 0.169 e. The summed E-state index contributed by atoms with van der Waals surface area (Å²) in [5.41, 5.74) is 0.117. The van der Waals surface area contributed by atoms with Gasteiger partial charge in [0, 0.05) is 5.41 Å². The summed E-state index contributed by atoms with van der Waals surface area (Å²) >= 11 is 3.26. The second-order valence-corrected chi connectivity index (χ2v) is 4.14. The van der Waals surface area contributed by atoms with E-state index in [1.54, 1.807) is 0 Å². The zero-order chi connectivity index (χ0) is 7.78. The van der Waals surface area contributed by atoms with Crippen molar-refractivity contribution < 1.29 is 4.42 Å². The van der Waals surface area contributed by atoms with Crippen molar-refractivity contribution in [2.24, 2.45) is 0 Å². The Labute approximate surface area is 69.6 Å². The monoisotopic (exact) mass is 202 g/mol. The van der Waals surface area contributed by atoms with E-state index < -0.39 is 0 Å². The van der Waals surface area contributed by atoms with Gasteiger partial charge in [-0.05, 0) is 28.1 Å². The Morgan fingerprint density at radius 1 is 1.30 bits per heavy atom. The first-order valence-electron chi connectivity index (χ1n) is 3.26. The van der Waals surface area contributed by atoms with Gasteiger partial charge in [-0.15, -0.1) is 0 Å². The highest BCUT2D eigenvalue weighted by Crippen LogP contribution is 2.26. The van der Waals surface area contributed by atoms with E-state index in [1.807, 2.05) is 12.1 Å². The molecule has 1 aromatic rings. The highest BCUT2D eigenvalue weighted by atomic mass is 79.9. The minimum absolute atomic E-state index is 0.117. The molecule has 1 heterocycles. The molecule has 0 saturated heterocycles. The third-order valence-electron chi connectivity index (χ3n) is 1.31. The Kier molecular flexibility index (Phi) is 1.90. The van der Waals surface area contributed by atoms with Crippen molar-refractivity contribution in [3.8, 4) is 0 Å². The number of halogens is 1. The van der Waals surface area contributed by atoms with Crippen LogP contribution in [0.1, 0.15) is 26.5 Å². The van der Waals surface area contributed by atoms with E-state index >= 15 is 0 Å². The number of rotatable bonds is 0. The predicted molar refractivity (Wildman–Crippen MR) is 45.1 cm³/mol. The molecule has 2 heteroatoms. The van der Waals surface area contributed by atoms with Gasteiger partial charge in [-0.25, -0.2) is 0 Å². The van der Waals surface area contributed by atoms with Gasteiger partial charge in [0.2, 0.25) is 0 Å². The van der Waals surface area contributed by atoms with Crippen LogP contribution < -0.4 is 0 Å². The Hall–Kier alpha value is -0.240. The highest BCUT2D eigenvalue weighted by molar-refractivity contribution is 9.10. The topological polar surface area (TPSA) is 13.1 Å². The molecule has 1 aromatic heterocycles. The zero-order valence-corrected chi connectivity index (χ0v) is 8.03. The van der Waals surface area contributed by atoms with Gasteiger partial charge >= 0.3 is 0 Å². The van der Waals surface area contributed by atoms with E-state index in [0.717, 1.165) is 10.4 Å². The van der Waals surface area contributed by atoms with Gasteiger partial charge in [0.25, 0.3) is 0 Å². The van der Waals surface area contributed by atoms with Crippen molar-refractivity contribution in [3.63, 3.8) is 0 Å². The normalized spacial score (nSPS) is 12.0. The Balaban J connectivity index is 2.96. The largest absolute Gasteiger partial charge is 0.454 e. The number of furan rings is 1. The summed E-state index contributed by atoms with van der Waals surface area (Å²) in [6, 6.07) is 3.91. The van der Waals surface area contributed by atoms with Crippen LogP contribution in [0.15, 0.2) is 21.2 Å². The van der Waals surface area contributed by atoms with Crippen LogP contribution in [-0.4, -0.2) is 0 Å². The molecule has 0 saturated carbocycles. The van der Waals surface area contributed by atoms with Gasteiger partial charge in [0.05, 0.1) is 0 Å². The van der Waals surface area contributed by atoms with E-state index in [4.69, 9.17) is 4.42 Å². The number of hydrogen-bond acceptors (Lipinski definition) is 1. The lowest BCUT2D eigenvalue weighted by Gasteiger charge is -2.13. The quantitative estimate of drug-likeness (QED) is 0.630. The van der Waals surface area contributed by atoms with E-state index in [2.05, 4.69) is 36.7 Å². The molecule has 0 fully saturated rings. The van der Waals surface area contributed by atoms with Crippen LogP contribution in [0.4, 0.5) is 0 Å². The van der Waals surface area contributed by atoms with Crippen molar-refractivity contribution in [2.75, 3.05) is 0 Å². The fraction of sp³-hybridized carbons (Fsp3) is 0.500. The van der Waals surface area contributed by atoms with Crippen LogP contribution >= 0.6 is 15.9 Å². The molecule has 56 valence electrons. The van der Waals surface area contributed by atoms with Crippen molar-refractivity contribution in [2.45, 2.75) is 26.2 Å². The van der Waals surface area contributed by atoms with Gasteiger partial charge in [-0.3, -0.25) is 0 Å². The molecule has 1 nitrogen and oxygen atoms in total. The Morgan fingerprint density at radius 3 is 2.10 bits per heavy atom. The summed E-state index contributed by atoms with van der Waals surface area (Å²) in [7, 11) is 0. The van der Waals surface area contributed by atoms with E-state index in [1.165, 1.54) is 0 Å². The van der Waals surface area contributed by atoms with Crippen LogP contribution in [0.3, 0.4) is 0 Å². The molecule has 1 rings (SSSR count). The molecule has 0 N–H and O–H groups in total. The van der Waals surface area contributed by atoms with Crippen LogP contribution in [0.2, 0.25) is 0 Å². The molecular weight excluding hydrogens is 192 g/mol. The van der Waals surface area contributed by atoms with Gasteiger partial charge in [0.1, 0.15) is 5.76 Å². The first-order valence-corrected chi connectivity index (χ1v) is 4.05. The summed E-state index contributed by atoms with van der Waals surface area (Å²) in [5, 5.41) is 0. The fourth-order valence-electron chi connectivity index (χ4n) is 0.717. The van der Waals surface area contributed by atoms with Gasteiger partial charge in [0.15, 0.2) is 4.67 Å². The zero-order valence-electron chi connectivity index (χ0n) is 6.44. The van der Waals surface area contributed by atoms with Crippen LogP contribution in [0.25, 0.3) is 0 Å². The first-order chi connectivity index (χ1) is 4.50. The summed E-state index contributed by atoms with van der Waals surface area (Å²) < 4.78 is 6.17. The average molecular weight is 203 g/mol. The fourth-order valence-corrected chi connectivity index (χ4v) is 1.02. The summed E-state index contributed by atoms with van der Waals surface area (Å²) in [6.07, 6.45) is 0. The summed E-state index contributed by atoms with van der Waals surface area (Å²) in [6.45, 7) is 6.37. The SMILES string of the molecule is CC(C)(C)c1ccc(Br)o1.